The van der Waals surface area contributed by atoms with Gasteiger partial charge >= 0.3 is 6.18 Å². The van der Waals surface area contributed by atoms with Gasteiger partial charge in [0.2, 0.25) is 0 Å². The van der Waals surface area contributed by atoms with Crippen LogP contribution in [0.1, 0.15) is 110 Å². The summed E-state index contributed by atoms with van der Waals surface area (Å²) >= 11 is 1.34. The topological polar surface area (TPSA) is 76.0 Å². The summed E-state index contributed by atoms with van der Waals surface area (Å²) in [4.78, 5) is 25.3. The maximum absolute atomic E-state index is 14.6. The van der Waals surface area contributed by atoms with Crippen LogP contribution in [0.4, 0.5) is 13.2 Å². The molecule has 0 bridgehead atoms. The standard InChI is InChI=1S/C27H23F3N3S.C15H28O2.Ir/c1-14-8-15(2)10-17(9-14)23-18-11-16-6-7-19-25(34-20(33-19)12-26(3,4)5)21(16)22(27(28,29)30)24(18)32-13-31-23;1-7-14(5,8-2)12(16)11-13(17)15(6,9-3)10-4;/h6-9,11,13H,12H2,1-5H3;11,16H,7-10H2,1-6H3;/q-1;;/b;12-11-;. The monoisotopic (exact) mass is 911 g/mol. The minimum atomic E-state index is -4.60. The first-order chi connectivity index (χ1) is 23.7. The van der Waals surface area contributed by atoms with E-state index in [0.717, 1.165) is 41.8 Å². The van der Waals surface area contributed by atoms with Crippen molar-refractivity contribution in [3.8, 4) is 11.3 Å². The number of nitrogens with zero attached hydrogens (tertiary/aromatic N) is 3. The van der Waals surface area contributed by atoms with E-state index in [1.54, 1.807) is 18.2 Å². The molecule has 0 atom stereocenters. The van der Waals surface area contributed by atoms with Gasteiger partial charge in [0, 0.05) is 48.8 Å². The second-order valence-corrected chi connectivity index (χ2v) is 16.5. The number of ketones is 1. The van der Waals surface area contributed by atoms with E-state index in [1.807, 2.05) is 67.5 Å². The molecule has 2 heterocycles. The third-order valence-electron chi connectivity index (χ3n) is 10.3. The van der Waals surface area contributed by atoms with Gasteiger partial charge in [-0.25, -0.2) is 9.97 Å². The zero-order valence-electron chi connectivity index (χ0n) is 32.1. The number of hydrogen-bond acceptors (Lipinski definition) is 6. The predicted molar refractivity (Wildman–Crippen MR) is 205 cm³/mol. The molecule has 2 aromatic heterocycles. The van der Waals surface area contributed by atoms with E-state index in [1.165, 1.54) is 23.7 Å². The number of fused-ring (bicyclic) bond motifs is 4. The van der Waals surface area contributed by atoms with E-state index >= 15 is 0 Å². The van der Waals surface area contributed by atoms with Crippen molar-refractivity contribution >= 4 is 49.0 Å². The summed E-state index contributed by atoms with van der Waals surface area (Å²) in [5.74, 6) is 0.286. The van der Waals surface area contributed by atoms with Crippen LogP contribution in [-0.2, 0) is 37.5 Å². The number of aliphatic hydroxyl groups excluding tert-OH is 1. The van der Waals surface area contributed by atoms with Gasteiger partial charge in [-0.05, 0) is 53.6 Å². The molecule has 0 aliphatic heterocycles. The fourth-order valence-corrected chi connectivity index (χ4v) is 7.59. The number of halogens is 3. The molecule has 0 aliphatic carbocycles. The van der Waals surface area contributed by atoms with Gasteiger partial charge in [0.1, 0.15) is 12.1 Å². The first-order valence-corrected chi connectivity index (χ1v) is 18.6. The van der Waals surface area contributed by atoms with Crippen molar-refractivity contribution in [1.82, 2.24) is 15.0 Å². The zero-order valence-corrected chi connectivity index (χ0v) is 35.4. The smallest absolute Gasteiger partial charge is 0.419 e. The Labute approximate surface area is 323 Å². The van der Waals surface area contributed by atoms with Crippen molar-refractivity contribution in [2.45, 2.75) is 114 Å². The molecule has 5 rings (SSSR count). The van der Waals surface area contributed by atoms with Gasteiger partial charge in [0.15, 0.2) is 5.78 Å². The molecule has 0 unspecified atom stereocenters. The Kier molecular flexibility index (Phi) is 13.7. The molecule has 1 N–H and O–H groups in total. The Bertz CT molecular complexity index is 2070. The molecule has 0 fully saturated rings. The average Bonchev–Trinajstić information content (AvgIpc) is 3.46. The van der Waals surface area contributed by atoms with Crippen molar-refractivity contribution in [3.63, 3.8) is 0 Å². The SMILES string of the molecule is CCC(C)(CC)C(=O)/C=C(\O)C(C)(CC)CC.Cc1[c-]c(-c2ncnc3c(C(F)(F)F)c4c(ccc5nc(CC(C)(C)C)sc54)cc23)cc(C)c1.[Ir]. The van der Waals surface area contributed by atoms with Gasteiger partial charge in [-0.3, -0.25) is 9.78 Å². The molecule has 3 aromatic carbocycles. The van der Waals surface area contributed by atoms with Gasteiger partial charge in [-0.15, -0.1) is 46.2 Å². The third-order valence-corrected chi connectivity index (χ3v) is 11.4. The number of benzene rings is 3. The molecule has 0 aliphatic rings. The molecule has 0 saturated carbocycles. The second kappa shape index (κ2) is 16.4. The van der Waals surface area contributed by atoms with Crippen LogP contribution in [0.2, 0.25) is 0 Å². The van der Waals surface area contributed by atoms with Crippen LogP contribution in [0.25, 0.3) is 43.1 Å². The number of carbonyl (C=O) groups is 1. The van der Waals surface area contributed by atoms with E-state index < -0.39 is 11.7 Å². The molecule has 0 spiro atoms. The Hall–Kier alpha value is -3.20. The Morgan fingerprint density at radius 1 is 0.904 bits per heavy atom. The van der Waals surface area contributed by atoms with Crippen LogP contribution in [0.3, 0.4) is 0 Å². The van der Waals surface area contributed by atoms with Crippen LogP contribution >= 0.6 is 11.3 Å². The number of rotatable bonds is 9. The van der Waals surface area contributed by atoms with Gasteiger partial charge in [-0.1, -0.05) is 88.3 Å². The van der Waals surface area contributed by atoms with E-state index in [9.17, 15) is 23.1 Å². The first-order valence-electron chi connectivity index (χ1n) is 17.7. The maximum Gasteiger partial charge on any atom is 0.419 e. The van der Waals surface area contributed by atoms with Crippen LogP contribution in [0, 0.1) is 36.2 Å². The maximum atomic E-state index is 14.6. The first kappa shape index (κ1) is 43.2. The molecule has 52 heavy (non-hydrogen) atoms. The molecule has 283 valence electrons. The average molecular weight is 911 g/mol. The van der Waals surface area contributed by atoms with Gasteiger partial charge in [0.05, 0.1) is 26.3 Å². The van der Waals surface area contributed by atoms with E-state index in [0.29, 0.717) is 38.7 Å². The molecule has 0 amide bonds. The number of aromatic nitrogens is 3. The van der Waals surface area contributed by atoms with Crippen molar-refractivity contribution < 1.29 is 43.2 Å². The number of hydrogen-bond donors (Lipinski definition) is 1. The fraction of sp³-hybridized carbons (Fsp3) is 0.476. The number of aliphatic hydroxyl groups is 1. The summed E-state index contributed by atoms with van der Waals surface area (Å²) in [6.45, 7) is 22.2. The van der Waals surface area contributed by atoms with Gasteiger partial charge in [0.25, 0.3) is 0 Å². The Morgan fingerprint density at radius 3 is 2.06 bits per heavy atom. The number of thiazole rings is 1. The number of aryl methyl sites for hydroxylation is 2. The van der Waals surface area contributed by atoms with Crippen molar-refractivity contribution in [1.29, 1.82) is 0 Å². The zero-order chi connectivity index (χ0) is 38.1. The summed E-state index contributed by atoms with van der Waals surface area (Å²) in [5, 5.41) is 12.0. The molecular weight excluding hydrogens is 860 g/mol. The minimum absolute atomic E-state index is 0. The quantitative estimate of drug-likeness (QED) is 0.0690. The van der Waals surface area contributed by atoms with Crippen molar-refractivity contribution in [2.24, 2.45) is 16.2 Å². The Morgan fingerprint density at radius 2 is 1.52 bits per heavy atom. The molecule has 0 saturated heterocycles. The predicted octanol–water partition coefficient (Wildman–Crippen LogP) is 12.7. The molecule has 1 radical (unpaired) electrons. The number of carbonyl (C=O) groups excluding carboxylic acids is 1. The van der Waals surface area contributed by atoms with Crippen LogP contribution in [-0.4, -0.2) is 25.8 Å². The van der Waals surface area contributed by atoms with Gasteiger partial charge < -0.3 is 5.11 Å². The normalized spacial score (nSPS) is 12.9. The fourth-order valence-electron chi connectivity index (χ4n) is 6.16. The third kappa shape index (κ3) is 9.29. The molecule has 5 aromatic rings. The summed E-state index contributed by atoms with van der Waals surface area (Å²) in [6, 6.07) is 12.4. The number of allylic oxidation sites excluding steroid dienone is 2. The summed E-state index contributed by atoms with van der Waals surface area (Å²) in [6.07, 6.45) is 2.06. The molecule has 5 nitrogen and oxygen atoms in total. The van der Waals surface area contributed by atoms with Crippen molar-refractivity contribution in [3.05, 3.63) is 76.3 Å². The van der Waals surface area contributed by atoms with Crippen LogP contribution in [0.5, 0.6) is 0 Å². The number of alkyl halides is 3. The molecular formula is C42H51F3IrN3O2S-. The largest absolute Gasteiger partial charge is 0.512 e. The van der Waals surface area contributed by atoms with E-state index in [4.69, 9.17) is 0 Å². The van der Waals surface area contributed by atoms with E-state index in [-0.39, 0.29) is 58.8 Å². The van der Waals surface area contributed by atoms with Crippen LogP contribution in [0.15, 0.2) is 48.5 Å². The summed E-state index contributed by atoms with van der Waals surface area (Å²) in [7, 11) is 0. The van der Waals surface area contributed by atoms with Crippen LogP contribution < -0.4 is 0 Å². The van der Waals surface area contributed by atoms with Gasteiger partial charge in [-0.2, -0.15) is 13.2 Å². The minimum Gasteiger partial charge on any atom is -0.512 e. The van der Waals surface area contributed by atoms with Crippen molar-refractivity contribution in [2.75, 3.05) is 0 Å². The molecule has 10 heteroatoms. The second-order valence-electron chi connectivity index (χ2n) is 15.4. The Balaban J connectivity index is 0.000000347. The van der Waals surface area contributed by atoms with E-state index in [2.05, 4.69) is 41.8 Å². The summed E-state index contributed by atoms with van der Waals surface area (Å²) < 4.78 is 44.4. The summed E-state index contributed by atoms with van der Waals surface area (Å²) in [5.41, 5.74) is 2.12.